The minimum Gasteiger partial charge on any atom is -0.383 e. The molecule has 0 saturated heterocycles. The van der Waals surface area contributed by atoms with Crippen molar-refractivity contribution in [3.05, 3.63) is 28.5 Å². The minimum atomic E-state index is -4.31. The van der Waals surface area contributed by atoms with Gasteiger partial charge in [-0.25, -0.2) is 12.8 Å². The van der Waals surface area contributed by atoms with E-state index in [1.807, 2.05) is 0 Å². The smallest absolute Gasteiger partial charge is 0.264 e. The zero-order valence-electron chi connectivity index (χ0n) is 11.4. The first-order valence-corrected chi connectivity index (χ1v) is 8.63. The Bertz CT molecular complexity index is 636. The van der Waals surface area contributed by atoms with Gasteiger partial charge in [0.15, 0.2) is 0 Å². The van der Waals surface area contributed by atoms with Crippen LogP contribution in [0.1, 0.15) is 17.3 Å². The van der Waals surface area contributed by atoms with Gasteiger partial charge >= 0.3 is 0 Å². The highest BCUT2D eigenvalue weighted by atomic mass is 35.7. The van der Waals surface area contributed by atoms with Crippen LogP contribution in [0.15, 0.2) is 17.0 Å². The van der Waals surface area contributed by atoms with Crippen molar-refractivity contribution in [2.45, 2.75) is 11.8 Å². The Morgan fingerprint density at radius 2 is 2.05 bits per heavy atom. The van der Waals surface area contributed by atoms with Crippen molar-refractivity contribution in [3.63, 3.8) is 0 Å². The topological polar surface area (TPSA) is 63.7 Å². The van der Waals surface area contributed by atoms with E-state index in [-0.39, 0.29) is 10.6 Å². The second-order valence-corrected chi connectivity index (χ2v) is 7.02. The van der Waals surface area contributed by atoms with E-state index in [4.69, 9.17) is 27.0 Å². The van der Waals surface area contributed by atoms with Crippen molar-refractivity contribution in [3.8, 4) is 0 Å². The van der Waals surface area contributed by atoms with E-state index >= 15 is 0 Å². The molecule has 0 N–H and O–H groups in total. The Hall–Kier alpha value is -0.890. The first-order valence-electron chi connectivity index (χ1n) is 5.94. The van der Waals surface area contributed by atoms with Crippen molar-refractivity contribution >= 4 is 37.2 Å². The fourth-order valence-corrected chi connectivity index (χ4v) is 2.79. The number of carbonyl (C=O) groups excluding carboxylic acids is 1. The number of methoxy groups -OCH3 is 1. The van der Waals surface area contributed by atoms with Crippen molar-refractivity contribution in [1.82, 2.24) is 4.90 Å². The lowest BCUT2D eigenvalue weighted by molar-refractivity contribution is 0.0706. The molecule has 1 rings (SSSR count). The lowest BCUT2D eigenvalue weighted by atomic mass is 10.2. The van der Waals surface area contributed by atoms with Crippen LogP contribution in [-0.2, 0) is 13.8 Å². The predicted octanol–water partition coefficient (Wildman–Crippen LogP) is 2.52. The van der Waals surface area contributed by atoms with E-state index in [0.717, 1.165) is 12.1 Å². The average Bonchev–Trinajstić information content (AvgIpc) is 2.37. The molecule has 0 aliphatic rings. The van der Waals surface area contributed by atoms with Gasteiger partial charge in [0.1, 0.15) is 10.7 Å². The summed E-state index contributed by atoms with van der Waals surface area (Å²) >= 11 is 5.82. The molecule has 0 aromatic heterocycles. The standard InChI is InChI=1S/C12H14Cl2FNO4S/c1-3-16(4-5-20-2)12(17)8-6-11(21(14,18)19)10(15)7-9(8)13/h6-7H,3-5H2,1-2H3. The summed E-state index contributed by atoms with van der Waals surface area (Å²) in [4.78, 5) is 12.9. The molecule has 9 heteroatoms. The number of rotatable bonds is 6. The lowest BCUT2D eigenvalue weighted by Gasteiger charge is -2.21. The Labute approximate surface area is 132 Å². The Morgan fingerprint density at radius 1 is 1.43 bits per heavy atom. The third-order valence-electron chi connectivity index (χ3n) is 2.75. The van der Waals surface area contributed by atoms with Gasteiger partial charge in [-0.2, -0.15) is 0 Å². The normalized spacial score (nSPS) is 11.5. The van der Waals surface area contributed by atoms with Crippen LogP contribution in [-0.4, -0.2) is 46.0 Å². The first-order chi connectivity index (χ1) is 9.72. The molecule has 0 radical (unpaired) electrons. The number of hydrogen-bond donors (Lipinski definition) is 0. The Balaban J connectivity index is 3.26. The molecule has 1 amide bonds. The maximum absolute atomic E-state index is 13.6. The van der Waals surface area contributed by atoms with Crippen LogP contribution in [0.5, 0.6) is 0 Å². The fourth-order valence-electron chi connectivity index (χ4n) is 1.65. The summed E-state index contributed by atoms with van der Waals surface area (Å²) in [5.74, 6) is -1.63. The van der Waals surface area contributed by atoms with Gasteiger partial charge in [-0.3, -0.25) is 4.79 Å². The van der Waals surface area contributed by atoms with Gasteiger partial charge in [0.25, 0.3) is 15.0 Å². The van der Waals surface area contributed by atoms with Crippen LogP contribution < -0.4 is 0 Å². The number of benzene rings is 1. The van der Waals surface area contributed by atoms with Crippen molar-refractivity contribution in [2.24, 2.45) is 0 Å². The molecule has 5 nitrogen and oxygen atoms in total. The summed E-state index contributed by atoms with van der Waals surface area (Å²) in [7, 11) is 2.31. The SMILES string of the molecule is CCN(CCOC)C(=O)c1cc(S(=O)(=O)Cl)c(F)cc1Cl. The number of hydrogen-bond acceptors (Lipinski definition) is 4. The molecule has 118 valence electrons. The number of likely N-dealkylation sites (N-methyl/N-ethyl adjacent to an activating group) is 1. The van der Waals surface area contributed by atoms with Gasteiger partial charge in [0, 0.05) is 30.9 Å². The van der Waals surface area contributed by atoms with Gasteiger partial charge < -0.3 is 9.64 Å². The molecule has 0 aliphatic heterocycles. The number of nitrogens with zero attached hydrogens (tertiary/aromatic N) is 1. The highest BCUT2D eigenvalue weighted by Gasteiger charge is 2.24. The van der Waals surface area contributed by atoms with Crippen LogP contribution >= 0.6 is 22.3 Å². The Morgan fingerprint density at radius 3 is 2.52 bits per heavy atom. The summed E-state index contributed by atoms with van der Waals surface area (Å²) in [5.41, 5.74) is -0.129. The highest BCUT2D eigenvalue weighted by molar-refractivity contribution is 8.13. The molecule has 0 spiro atoms. The molecule has 1 aromatic rings. The van der Waals surface area contributed by atoms with Crippen LogP contribution in [0, 0.1) is 5.82 Å². The molecule has 1 aromatic carbocycles. The number of amides is 1. The van der Waals surface area contributed by atoms with E-state index < -0.39 is 25.7 Å². The van der Waals surface area contributed by atoms with E-state index in [2.05, 4.69) is 0 Å². The van der Waals surface area contributed by atoms with Gasteiger partial charge in [0.2, 0.25) is 0 Å². The van der Waals surface area contributed by atoms with E-state index in [9.17, 15) is 17.6 Å². The quantitative estimate of drug-likeness (QED) is 0.733. The summed E-state index contributed by atoms with van der Waals surface area (Å²) in [6, 6.07) is 1.60. The maximum atomic E-state index is 13.6. The second-order valence-electron chi connectivity index (χ2n) is 4.08. The number of carbonyl (C=O) groups is 1. The zero-order chi connectivity index (χ0) is 16.2. The van der Waals surface area contributed by atoms with Crippen LogP contribution in [0.2, 0.25) is 5.02 Å². The summed E-state index contributed by atoms with van der Waals surface area (Å²) in [5, 5.41) is -0.183. The van der Waals surface area contributed by atoms with Gasteiger partial charge in [-0.1, -0.05) is 11.6 Å². The van der Waals surface area contributed by atoms with Gasteiger partial charge in [-0.15, -0.1) is 0 Å². The largest absolute Gasteiger partial charge is 0.383 e. The molecule has 0 atom stereocenters. The predicted molar refractivity (Wildman–Crippen MR) is 77.9 cm³/mol. The van der Waals surface area contributed by atoms with Gasteiger partial charge in [0.05, 0.1) is 17.2 Å². The third kappa shape index (κ3) is 4.54. The first kappa shape index (κ1) is 18.2. The Kier molecular flexibility index (Phi) is 6.40. The molecular weight excluding hydrogens is 344 g/mol. The van der Waals surface area contributed by atoms with E-state index in [1.54, 1.807) is 6.92 Å². The molecule has 0 heterocycles. The summed E-state index contributed by atoms with van der Waals surface area (Å²) in [6.45, 7) is 2.70. The van der Waals surface area contributed by atoms with Crippen molar-refractivity contribution in [1.29, 1.82) is 0 Å². The third-order valence-corrected chi connectivity index (χ3v) is 4.40. The maximum Gasteiger partial charge on any atom is 0.264 e. The molecule has 0 fully saturated rings. The van der Waals surface area contributed by atoms with E-state index in [1.165, 1.54) is 12.0 Å². The summed E-state index contributed by atoms with van der Waals surface area (Å²) < 4.78 is 41.0. The highest BCUT2D eigenvalue weighted by Crippen LogP contribution is 2.27. The molecule has 0 aliphatic carbocycles. The summed E-state index contributed by atoms with van der Waals surface area (Å²) in [6.07, 6.45) is 0. The fraction of sp³-hybridized carbons (Fsp3) is 0.417. The van der Waals surface area contributed by atoms with Crippen LogP contribution in [0.25, 0.3) is 0 Å². The number of halogens is 3. The molecule has 0 bridgehead atoms. The van der Waals surface area contributed by atoms with Crippen LogP contribution in [0.4, 0.5) is 4.39 Å². The van der Waals surface area contributed by atoms with E-state index in [0.29, 0.717) is 19.7 Å². The van der Waals surface area contributed by atoms with Crippen molar-refractivity contribution < 1.29 is 22.3 Å². The van der Waals surface area contributed by atoms with Gasteiger partial charge in [-0.05, 0) is 19.1 Å². The molecule has 0 saturated carbocycles. The molecular formula is C12H14Cl2FNO4S. The molecule has 21 heavy (non-hydrogen) atoms. The number of ether oxygens (including phenoxy) is 1. The second kappa shape index (κ2) is 7.40. The zero-order valence-corrected chi connectivity index (χ0v) is 13.7. The monoisotopic (exact) mass is 357 g/mol. The molecule has 0 unspecified atom stereocenters. The minimum absolute atomic E-state index is 0.129. The van der Waals surface area contributed by atoms with Crippen LogP contribution in [0.3, 0.4) is 0 Å². The lowest BCUT2D eigenvalue weighted by Crippen LogP contribution is -2.34. The van der Waals surface area contributed by atoms with Crippen molar-refractivity contribution in [2.75, 3.05) is 26.8 Å². The average molecular weight is 358 g/mol.